The van der Waals surface area contributed by atoms with E-state index in [0.717, 1.165) is 19.4 Å². The van der Waals surface area contributed by atoms with Gasteiger partial charge in [0.1, 0.15) is 5.54 Å². The van der Waals surface area contributed by atoms with Crippen molar-refractivity contribution < 1.29 is 9.53 Å². The van der Waals surface area contributed by atoms with Gasteiger partial charge in [0, 0.05) is 19.7 Å². The van der Waals surface area contributed by atoms with Crippen molar-refractivity contribution in [3.8, 4) is 0 Å². The molecular formula is C13H22N4O2. The first-order valence-electron chi connectivity index (χ1n) is 7.11. The van der Waals surface area contributed by atoms with E-state index in [0.29, 0.717) is 25.2 Å². The van der Waals surface area contributed by atoms with Gasteiger partial charge in [-0.05, 0) is 32.2 Å². The van der Waals surface area contributed by atoms with Crippen LogP contribution < -0.4 is 10.6 Å². The van der Waals surface area contributed by atoms with Crippen LogP contribution in [0, 0.1) is 0 Å². The second kappa shape index (κ2) is 5.09. The third kappa shape index (κ3) is 2.34. The van der Waals surface area contributed by atoms with Crippen molar-refractivity contribution in [1.82, 2.24) is 15.5 Å². The first kappa shape index (κ1) is 12.9. The smallest absolute Gasteiger partial charge is 0.252 e. The maximum Gasteiger partial charge on any atom is 0.252 e. The molecule has 3 fully saturated rings. The summed E-state index contributed by atoms with van der Waals surface area (Å²) in [6.45, 7) is 3.35. The summed E-state index contributed by atoms with van der Waals surface area (Å²) in [5.74, 6) is 0.712. The molecule has 3 heterocycles. The van der Waals surface area contributed by atoms with E-state index >= 15 is 0 Å². The van der Waals surface area contributed by atoms with Crippen molar-refractivity contribution in [2.45, 2.75) is 37.3 Å². The van der Waals surface area contributed by atoms with E-state index in [4.69, 9.17) is 4.74 Å². The molecule has 2 atom stereocenters. The van der Waals surface area contributed by atoms with Crippen LogP contribution in [0.15, 0.2) is 4.99 Å². The summed E-state index contributed by atoms with van der Waals surface area (Å²) in [6.07, 6.45) is 4.25. The molecule has 1 amide bonds. The van der Waals surface area contributed by atoms with E-state index in [1.807, 2.05) is 0 Å². The van der Waals surface area contributed by atoms with E-state index in [1.165, 1.54) is 19.4 Å². The van der Waals surface area contributed by atoms with Crippen LogP contribution in [-0.4, -0.2) is 61.7 Å². The van der Waals surface area contributed by atoms with Gasteiger partial charge in [0.25, 0.3) is 5.91 Å². The molecule has 0 radical (unpaired) electrons. The number of nitrogens with zero attached hydrogens (tertiary/aromatic N) is 2. The van der Waals surface area contributed by atoms with E-state index in [9.17, 15) is 4.79 Å². The van der Waals surface area contributed by atoms with Gasteiger partial charge in [0.2, 0.25) is 0 Å². The summed E-state index contributed by atoms with van der Waals surface area (Å²) in [4.78, 5) is 19.1. The number of rotatable bonds is 3. The number of methoxy groups -OCH3 is 1. The third-order valence-corrected chi connectivity index (χ3v) is 4.50. The Balaban J connectivity index is 1.67. The number of amides is 1. The zero-order chi connectivity index (χ0) is 13.3. The van der Waals surface area contributed by atoms with Crippen LogP contribution in [0.3, 0.4) is 0 Å². The minimum absolute atomic E-state index is 0.0928. The normalized spacial score (nSPS) is 36.6. The molecule has 19 heavy (non-hydrogen) atoms. The molecule has 6 heteroatoms. The van der Waals surface area contributed by atoms with Crippen molar-refractivity contribution in [3.05, 3.63) is 0 Å². The Bertz CT molecular complexity index is 398. The number of guanidine groups is 1. The first-order chi connectivity index (χ1) is 9.23. The van der Waals surface area contributed by atoms with Gasteiger partial charge in [-0.15, -0.1) is 0 Å². The van der Waals surface area contributed by atoms with Gasteiger partial charge in [0.05, 0.1) is 13.2 Å². The zero-order valence-electron chi connectivity index (χ0n) is 11.4. The molecule has 0 saturated carbocycles. The zero-order valence-corrected chi connectivity index (χ0v) is 11.4. The van der Waals surface area contributed by atoms with Crippen molar-refractivity contribution in [2.75, 3.05) is 33.4 Å². The lowest BCUT2D eigenvalue weighted by Gasteiger charge is -2.39. The monoisotopic (exact) mass is 266 g/mol. The van der Waals surface area contributed by atoms with Gasteiger partial charge in [0.15, 0.2) is 5.96 Å². The SMILES string of the molecule is COCCN=C1NC(=O)C2(CCN3CCCC3C2)N1. The van der Waals surface area contributed by atoms with E-state index < -0.39 is 5.54 Å². The Morgan fingerprint density at radius 2 is 2.42 bits per heavy atom. The highest BCUT2D eigenvalue weighted by Crippen LogP contribution is 2.34. The Labute approximate surface area is 113 Å². The van der Waals surface area contributed by atoms with Crippen LogP contribution in [0.1, 0.15) is 25.7 Å². The molecule has 0 bridgehead atoms. The van der Waals surface area contributed by atoms with Gasteiger partial charge in [-0.3, -0.25) is 15.1 Å². The van der Waals surface area contributed by atoms with Gasteiger partial charge >= 0.3 is 0 Å². The van der Waals surface area contributed by atoms with Crippen molar-refractivity contribution in [1.29, 1.82) is 0 Å². The molecule has 2 N–H and O–H groups in total. The maximum absolute atomic E-state index is 12.3. The lowest BCUT2D eigenvalue weighted by atomic mass is 9.83. The molecule has 6 nitrogen and oxygen atoms in total. The lowest BCUT2D eigenvalue weighted by Crippen LogP contribution is -2.57. The third-order valence-electron chi connectivity index (χ3n) is 4.50. The molecule has 0 aromatic rings. The number of piperidine rings is 1. The molecule has 1 spiro atoms. The summed E-state index contributed by atoms with van der Waals surface area (Å²) in [6, 6.07) is 0.560. The Hall–Kier alpha value is -1.14. The quantitative estimate of drug-likeness (QED) is 0.689. The summed E-state index contributed by atoms with van der Waals surface area (Å²) >= 11 is 0. The van der Waals surface area contributed by atoms with Crippen LogP contribution in [0.5, 0.6) is 0 Å². The fraction of sp³-hybridized carbons (Fsp3) is 0.846. The highest BCUT2D eigenvalue weighted by molar-refractivity contribution is 6.09. The van der Waals surface area contributed by atoms with Crippen molar-refractivity contribution >= 4 is 11.9 Å². The minimum atomic E-state index is -0.419. The van der Waals surface area contributed by atoms with E-state index in [2.05, 4.69) is 20.5 Å². The van der Waals surface area contributed by atoms with Gasteiger partial charge in [-0.1, -0.05) is 0 Å². The predicted octanol–water partition coefficient (Wildman–Crippen LogP) is -0.295. The minimum Gasteiger partial charge on any atom is -0.383 e. The highest BCUT2D eigenvalue weighted by Gasteiger charge is 2.50. The molecule has 2 unspecified atom stereocenters. The summed E-state index contributed by atoms with van der Waals surface area (Å²) < 4.78 is 4.97. The highest BCUT2D eigenvalue weighted by atomic mass is 16.5. The first-order valence-corrected chi connectivity index (χ1v) is 7.11. The van der Waals surface area contributed by atoms with Crippen LogP contribution in [0.2, 0.25) is 0 Å². The number of carbonyl (C=O) groups excluding carboxylic acids is 1. The number of hydrogen-bond donors (Lipinski definition) is 2. The van der Waals surface area contributed by atoms with Crippen molar-refractivity contribution in [2.24, 2.45) is 4.99 Å². The van der Waals surface area contributed by atoms with Gasteiger partial charge < -0.3 is 15.0 Å². The molecule has 3 saturated heterocycles. The molecular weight excluding hydrogens is 244 g/mol. The van der Waals surface area contributed by atoms with Gasteiger partial charge in [-0.2, -0.15) is 0 Å². The molecule has 106 valence electrons. The fourth-order valence-corrected chi connectivity index (χ4v) is 3.45. The maximum atomic E-state index is 12.3. The lowest BCUT2D eigenvalue weighted by molar-refractivity contribution is -0.126. The molecule has 0 aromatic carbocycles. The topological polar surface area (TPSA) is 66.0 Å². The Morgan fingerprint density at radius 3 is 3.26 bits per heavy atom. The number of hydrogen-bond acceptors (Lipinski definition) is 4. The number of carbonyl (C=O) groups is 1. The van der Waals surface area contributed by atoms with Crippen LogP contribution in [0.4, 0.5) is 0 Å². The standard InChI is InChI=1S/C13H22N4O2/c1-19-8-5-14-12-15-11(18)13(16-12)4-7-17-6-2-3-10(17)9-13/h10H,2-9H2,1H3,(H2,14,15,16,18). The number of fused-ring (bicyclic) bond motifs is 1. The number of nitrogens with one attached hydrogen (secondary N) is 2. The van der Waals surface area contributed by atoms with E-state index in [-0.39, 0.29) is 5.91 Å². The summed E-state index contributed by atoms with van der Waals surface area (Å²) in [5.41, 5.74) is -0.419. The van der Waals surface area contributed by atoms with Crippen molar-refractivity contribution in [3.63, 3.8) is 0 Å². The Morgan fingerprint density at radius 1 is 1.53 bits per heavy atom. The van der Waals surface area contributed by atoms with Gasteiger partial charge in [-0.25, -0.2) is 0 Å². The van der Waals surface area contributed by atoms with E-state index in [1.54, 1.807) is 7.11 Å². The summed E-state index contributed by atoms with van der Waals surface area (Å²) in [5, 5.41) is 6.21. The van der Waals surface area contributed by atoms with Crippen LogP contribution in [0.25, 0.3) is 0 Å². The summed E-state index contributed by atoms with van der Waals surface area (Å²) in [7, 11) is 1.65. The molecule has 0 aromatic heterocycles. The second-order valence-electron chi connectivity index (χ2n) is 5.67. The van der Waals surface area contributed by atoms with Crippen LogP contribution >= 0.6 is 0 Å². The second-order valence-corrected chi connectivity index (χ2v) is 5.67. The molecule has 3 aliphatic rings. The molecule has 3 rings (SSSR count). The fourth-order valence-electron chi connectivity index (χ4n) is 3.45. The average Bonchev–Trinajstić information content (AvgIpc) is 2.96. The molecule has 3 aliphatic heterocycles. The Kier molecular flexibility index (Phi) is 3.45. The largest absolute Gasteiger partial charge is 0.383 e. The predicted molar refractivity (Wildman–Crippen MR) is 72.0 cm³/mol. The average molecular weight is 266 g/mol. The molecule has 0 aliphatic carbocycles. The number of ether oxygens (including phenoxy) is 1. The van der Waals surface area contributed by atoms with Crippen LogP contribution in [-0.2, 0) is 9.53 Å². The number of aliphatic imine (C=N–C) groups is 1.